The van der Waals surface area contributed by atoms with Crippen molar-refractivity contribution in [2.45, 2.75) is 24.7 Å². The van der Waals surface area contributed by atoms with Crippen molar-refractivity contribution in [2.24, 2.45) is 11.1 Å². The monoisotopic (exact) mass is 360 g/mol. The van der Waals surface area contributed by atoms with Gasteiger partial charge in [-0.1, -0.05) is 17.7 Å². The van der Waals surface area contributed by atoms with Crippen molar-refractivity contribution < 1.29 is 13.2 Å². The Bertz CT molecular complexity index is 794. The van der Waals surface area contributed by atoms with Crippen molar-refractivity contribution in [3.63, 3.8) is 0 Å². The summed E-state index contributed by atoms with van der Waals surface area (Å²) in [4.78, 5) is 2.42. The molecule has 2 aromatic carbocycles. The van der Waals surface area contributed by atoms with Gasteiger partial charge in [-0.25, -0.2) is 13.6 Å². The van der Waals surface area contributed by atoms with Gasteiger partial charge in [0, 0.05) is 18.8 Å². The molecule has 0 atom stereocenters. The molecule has 1 fully saturated rings. The first-order valence-corrected chi connectivity index (χ1v) is 10.0. The van der Waals surface area contributed by atoms with Crippen LogP contribution in [0, 0.1) is 12.8 Å². The first-order chi connectivity index (χ1) is 11.9. The van der Waals surface area contributed by atoms with E-state index in [1.165, 1.54) is 5.56 Å². The van der Waals surface area contributed by atoms with E-state index < -0.39 is 10.0 Å². The maximum atomic E-state index is 11.3. The minimum atomic E-state index is -3.63. The summed E-state index contributed by atoms with van der Waals surface area (Å²) >= 11 is 0. The lowest BCUT2D eigenvalue weighted by molar-refractivity contribution is 0.223. The van der Waals surface area contributed by atoms with Gasteiger partial charge in [-0.3, -0.25) is 0 Å². The summed E-state index contributed by atoms with van der Waals surface area (Å²) in [6.07, 6.45) is 2.12. The average Bonchev–Trinajstić information content (AvgIpc) is 2.61. The second kappa shape index (κ2) is 7.45. The number of anilines is 1. The smallest absolute Gasteiger partial charge is 0.238 e. The third-order valence-electron chi connectivity index (χ3n) is 4.65. The van der Waals surface area contributed by atoms with Gasteiger partial charge in [0.25, 0.3) is 0 Å². The molecule has 0 bridgehead atoms. The summed E-state index contributed by atoms with van der Waals surface area (Å²) in [7, 11) is -3.63. The molecule has 0 amide bonds. The number of hydrogen-bond acceptors (Lipinski definition) is 4. The van der Waals surface area contributed by atoms with Crippen LogP contribution in [0.4, 0.5) is 5.69 Å². The number of aryl methyl sites for hydroxylation is 1. The Labute approximate surface area is 149 Å². The van der Waals surface area contributed by atoms with Gasteiger partial charge in [0.1, 0.15) is 5.75 Å². The number of benzene rings is 2. The molecule has 0 unspecified atom stereocenters. The van der Waals surface area contributed by atoms with Crippen LogP contribution in [0.25, 0.3) is 0 Å². The Morgan fingerprint density at radius 1 is 1.04 bits per heavy atom. The second-order valence-corrected chi connectivity index (χ2v) is 8.15. The van der Waals surface area contributed by atoms with Crippen molar-refractivity contribution in [1.82, 2.24) is 0 Å². The van der Waals surface area contributed by atoms with Crippen LogP contribution >= 0.6 is 0 Å². The molecule has 0 radical (unpaired) electrons. The summed E-state index contributed by atoms with van der Waals surface area (Å²) in [5, 5.41) is 5.14. The molecule has 0 spiro atoms. The first kappa shape index (κ1) is 17.8. The zero-order chi connectivity index (χ0) is 17.9. The van der Waals surface area contributed by atoms with E-state index >= 15 is 0 Å². The summed E-state index contributed by atoms with van der Waals surface area (Å²) in [5.74, 6) is 1.47. The predicted molar refractivity (Wildman–Crippen MR) is 99.4 cm³/mol. The summed E-state index contributed by atoms with van der Waals surface area (Å²) in [6.45, 7) is 4.68. The number of ether oxygens (including phenoxy) is 1. The largest absolute Gasteiger partial charge is 0.493 e. The third-order valence-corrected chi connectivity index (χ3v) is 5.58. The lowest BCUT2D eigenvalue weighted by atomic mass is 9.97. The lowest BCUT2D eigenvalue weighted by Gasteiger charge is -2.33. The van der Waals surface area contributed by atoms with Crippen molar-refractivity contribution in [1.29, 1.82) is 0 Å². The number of hydrogen-bond donors (Lipinski definition) is 1. The number of piperidine rings is 1. The number of rotatable bonds is 5. The Balaban J connectivity index is 1.50. The molecule has 6 heteroatoms. The molecule has 2 N–H and O–H groups in total. The molecule has 0 saturated carbocycles. The quantitative estimate of drug-likeness (QED) is 0.890. The molecule has 1 saturated heterocycles. The van der Waals surface area contributed by atoms with Gasteiger partial charge >= 0.3 is 0 Å². The van der Waals surface area contributed by atoms with Crippen molar-refractivity contribution in [3.8, 4) is 5.75 Å². The molecular weight excluding hydrogens is 336 g/mol. The van der Waals surface area contributed by atoms with Crippen LogP contribution in [-0.2, 0) is 10.0 Å². The molecule has 1 aliphatic rings. The SMILES string of the molecule is Cc1ccc(OCC2CCN(c3ccc(S(N)(=O)=O)cc3)CC2)cc1. The predicted octanol–water partition coefficient (Wildman–Crippen LogP) is 2.94. The van der Waals surface area contributed by atoms with Crippen LogP contribution in [0.1, 0.15) is 18.4 Å². The average molecular weight is 360 g/mol. The van der Waals surface area contributed by atoms with Crippen LogP contribution in [0.15, 0.2) is 53.4 Å². The summed E-state index contributed by atoms with van der Waals surface area (Å²) in [5.41, 5.74) is 2.26. The van der Waals surface area contributed by atoms with E-state index in [-0.39, 0.29) is 4.90 Å². The molecule has 1 aliphatic heterocycles. The van der Waals surface area contributed by atoms with Gasteiger partial charge in [0.2, 0.25) is 10.0 Å². The van der Waals surface area contributed by atoms with Gasteiger partial charge in [-0.2, -0.15) is 0 Å². The Kier molecular flexibility index (Phi) is 5.30. The third kappa shape index (κ3) is 4.74. The number of primary sulfonamides is 1. The van der Waals surface area contributed by atoms with E-state index in [2.05, 4.69) is 24.0 Å². The topological polar surface area (TPSA) is 72.6 Å². The minimum absolute atomic E-state index is 0.151. The van der Waals surface area contributed by atoms with Gasteiger partial charge in [0.05, 0.1) is 11.5 Å². The van der Waals surface area contributed by atoms with Crippen LogP contribution in [0.3, 0.4) is 0 Å². The van der Waals surface area contributed by atoms with Crippen molar-refractivity contribution in [3.05, 3.63) is 54.1 Å². The molecule has 5 nitrogen and oxygen atoms in total. The van der Waals surface area contributed by atoms with Gasteiger partial charge in [0.15, 0.2) is 0 Å². The van der Waals surface area contributed by atoms with Crippen LogP contribution in [-0.4, -0.2) is 28.1 Å². The lowest BCUT2D eigenvalue weighted by Crippen LogP contribution is -2.35. The van der Waals surface area contributed by atoms with Gasteiger partial charge in [-0.15, -0.1) is 0 Å². The molecule has 3 rings (SSSR count). The molecule has 1 heterocycles. The Morgan fingerprint density at radius 3 is 2.20 bits per heavy atom. The van der Waals surface area contributed by atoms with Crippen LogP contribution < -0.4 is 14.8 Å². The fourth-order valence-corrected chi connectivity index (χ4v) is 3.57. The minimum Gasteiger partial charge on any atom is -0.493 e. The fourth-order valence-electron chi connectivity index (χ4n) is 3.05. The molecule has 0 aliphatic carbocycles. The van der Waals surface area contributed by atoms with E-state index in [9.17, 15) is 8.42 Å². The van der Waals surface area contributed by atoms with Gasteiger partial charge in [-0.05, 0) is 62.1 Å². The van der Waals surface area contributed by atoms with Gasteiger partial charge < -0.3 is 9.64 Å². The Morgan fingerprint density at radius 2 is 1.64 bits per heavy atom. The Hall–Kier alpha value is -2.05. The summed E-state index contributed by atoms with van der Waals surface area (Å²) in [6, 6.07) is 14.9. The standard InChI is InChI=1S/C19H24N2O3S/c1-15-2-6-18(7-3-15)24-14-16-10-12-21(13-11-16)17-4-8-19(9-5-17)25(20,22)23/h2-9,16H,10-14H2,1H3,(H2,20,22,23). The zero-order valence-electron chi connectivity index (χ0n) is 14.4. The highest BCUT2D eigenvalue weighted by Crippen LogP contribution is 2.25. The van der Waals surface area contributed by atoms with Crippen molar-refractivity contribution in [2.75, 3.05) is 24.6 Å². The fraction of sp³-hybridized carbons (Fsp3) is 0.368. The molecule has 0 aromatic heterocycles. The number of sulfonamides is 1. The number of nitrogens with two attached hydrogens (primary N) is 1. The van der Waals surface area contributed by atoms with E-state index in [1.54, 1.807) is 12.1 Å². The van der Waals surface area contributed by atoms with Crippen LogP contribution in [0.2, 0.25) is 0 Å². The molecule has 134 valence electrons. The van der Waals surface area contributed by atoms with Crippen molar-refractivity contribution >= 4 is 15.7 Å². The maximum absolute atomic E-state index is 11.3. The van der Waals surface area contributed by atoms with Crippen LogP contribution in [0.5, 0.6) is 5.75 Å². The first-order valence-electron chi connectivity index (χ1n) is 8.49. The van der Waals surface area contributed by atoms with E-state index in [1.807, 2.05) is 24.3 Å². The summed E-state index contributed by atoms with van der Waals surface area (Å²) < 4.78 is 28.5. The molecule has 25 heavy (non-hydrogen) atoms. The normalized spacial score (nSPS) is 16.0. The second-order valence-electron chi connectivity index (χ2n) is 6.59. The molecular formula is C19H24N2O3S. The zero-order valence-corrected chi connectivity index (χ0v) is 15.2. The van der Waals surface area contributed by atoms with E-state index in [4.69, 9.17) is 9.88 Å². The highest BCUT2D eigenvalue weighted by molar-refractivity contribution is 7.89. The maximum Gasteiger partial charge on any atom is 0.238 e. The highest BCUT2D eigenvalue weighted by Gasteiger charge is 2.20. The highest BCUT2D eigenvalue weighted by atomic mass is 32.2. The van der Waals surface area contributed by atoms with E-state index in [0.717, 1.165) is 44.0 Å². The molecule has 2 aromatic rings. The number of nitrogens with zero attached hydrogens (tertiary/aromatic N) is 1. The van der Waals surface area contributed by atoms with E-state index in [0.29, 0.717) is 5.92 Å².